The molecule has 0 bridgehead atoms. The van der Waals surface area contributed by atoms with E-state index in [4.69, 9.17) is 9.47 Å². The molecule has 30 heavy (non-hydrogen) atoms. The number of rotatable bonds is 7. The van der Waals surface area contributed by atoms with E-state index in [9.17, 15) is 13.2 Å². The minimum absolute atomic E-state index is 0.212. The van der Waals surface area contributed by atoms with E-state index >= 15 is 0 Å². The van der Waals surface area contributed by atoms with Crippen molar-refractivity contribution in [1.29, 1.82) is 0 Å². The minimum atomic E-state index is -3.69. The Morgan fingerprint density at radius 3 is 2.40 bits per heavy atom. The summed E-state index contributed by atoms with van der Waals surface area (Å²) in [7, 11) is -3.69. The van der Waals surface area contributed by atoms with Gasteiger partial charge < -0.3 is 9.47 Å². The molecule has 0 fully saturated rings. The van der Waals surface area contributed by atoms with Crippen LogP contribution in [0.3, 0.4) is 0 Å². The molecule has 6 nitrogen and oxygen atoms in total. The summed E-state index contributed by atoms with van der Waals surface area (Å²) in [6.07, 6.45) is 3.63. The van der Waals surface area contributed by atoms with Gasteiger partial charge in [-0.25, -0.2) is 13.1 Å². The third-order valence-corrected chi connectivity index (χ3v) is 6.36. The molecule has 2 aromatic carbocycles. The van der Waals surface area contributed by atoms with Crippen LogP contribution < -0.4 is 4.72 Å². The highest BCUT2D eigenvalue weighted by molar-refractivity contribution is 7.89. The maximum absolute atomic E-state index is 12.8. The lowest BCUT2D eigenvalue weighted by molar-refractivity contribution is -0.145. The lowest BCUT2D eigenvalue weighted by atomic mass is 10.1. The van der Waals surface area contributed by atoms with Gasteiger partial charge in [-0.3, -0.25) is 4.79 Å². The van der Waals surface area contributed by atoms with Gasteiger partial charge in [0.1, 0.15) is 6.10 Å². The fourth-order valence-electron chi connectivity index (χ4n) is 3.35. The predicted octanol–water partition coefficient (Wildman–Crippen LogP) is 3.51. The second kappa shape index (κ2) is 10.0. The number of ether oxygens (including phenoxy) is 2. The first-order valence-electron chi connectivity index (χ1n) is 9.92. The number of sulfonamides is 1. The molecule has 0 saturated heterocycles. The van der Waals surface area contributed by atoms with Gasteiger partial charge in [-0.1, -0.05) is 54.1 Å². The summed E-state index contributed by atoms with van der Waals surface area (Å²) in [5.41, 5.74) is 2.01. The molecule has 3 atom stereocenters. The first kappa shape index (κ1) is 22.2. The normalized spacial score (nSPS) is 21.7. The van der Waals surface area contributed by atoms with Crippen molar-refractivity contribution in [3.8, 4) is 0 Å². The second-order valence-corrected chi connectivity index (χ2v) is 9.18. The van der Waals surface area contributed by atoms with Crippen molar-refractivity contribution < 1.29 is 22.7 Å². The van der Waals surface area contributed by atoms with Gasteiger partial charge in [-0.2, -0.15) is 0 Å². The van der Waals surface area contributed by atoms with Crippen LogP contribution >= 0.6 is 0 Å². The average molecular weight is 430 g/mol. The minimum Gasteiger partial charge on any atom is -0.458 e. The molecular weight excluding hydrogens is 402 g/mol. The fraction of sp³-hybridized carbons (Fsp3) is 0.348. The van der Waals surface area contributed by atoms with E-state index in [0.717, 1.165) is 11.1 Å². The molecule has 0 spiro atoms. The molecule has 0 saturated carbocycles. The van der Waals surface area contributed by atoms with Crippen molar-refractivity contribution in [2.45, 2.75) is 56.4 Å². The maximum Gasteiger partial charge on any atom is 0.303 e. The molecule has 2 aromatic rings. The number of hydrogen-bond acceptors (Lipinski definition) is 5. The number of hydrogen-bond donors (Lipinski definition) is 1. The first-order valence-corrected chi connectivity index (χ1v) is 11.4. The number of benzene rings is 2. The second-order valence-electron chi connectivity index (χ2n) is 7.46. The predicted molar refractivity (Wildman–Crippen MR) is 114 cm³/mol. The van der Waals surface area contributed by atoms with Gasteiger partial charge in [0.2, 0.25) is 10.0 Å². The van der Waals surface area contributed by atoms with E-state index in [-0.39, 0.29) is 17.0 Å². The van der Waals surface area contributed by atoms with Crippen LogP contribution in [0.25, 0.3) is 0 Å². The van der Waals surface area contributed by atoms with Gasteiger partial charge in [0.15, 0.2) is 0 Å². The largest absolute Gasteiger partial charge is 0.458 e. The highest BCUT2D eigenvalue weighted by Crippen LogP contribution is 2.22. The number of aryl methyl sites for hydroxylation is 1. The first-order chi connectivity index (χ1) is 14.3. The summed E-state index contributed by atoms with van der Waals surface area (Å²) in [5, 5.41) is 0. The highest BCUT2D eigenvalue weighted by Gasteiger charge is 2.27. The van der Waals surface area contributed by atoms with Crippen molar-refractivity contribution in [3.05, 3.63) is 77.9 Å². The molecule has 1 aliphatic carbocycles. The summed E-state index contributed by atoms with van der Waals surface area (Å²) in [4.78, 5) is 11.6. The lowest BCUT2D eigenvalue weighted by Crippen LogP contribution is -2.36. The van der Waals surface area contributed by atoms with Crippen molar-refractivity contribution in [3.63, 3.8) is 0 Å². The summed E-state index contributed by atoms with van der Waals surface area (Å²) in [6.45, 7) is 3.66. The summed E-state index contributed by atoms with van der Waals surface area (Å²) >= 11 is 0. The Balaban J connectivity index is 1.73. The molecule has 7 heteroatoms. The Morgan fingerprint density at radius 2 is 1.73 bits per heavy atom. The van der Waals surface area contributed by atoms with Crippen LogP contribution in [0.5, 0.6) is 0 Å². The molecule has 3 rings (SSSR count). The number of nitrogens with one attached hydrogen (secondary N) is 1. The Bertz CT molecular complexity index is 970. The van der Waals surface area contributed by atoms with Crippen molar-refractivity contribution in [2.24, 2.45) is 0 Å². The van der Waals surface area contributed by atoms with Gasteiger partial charge in [0.25, 0.3) is 0 Å². The third-order valence-electron chi connectivity index (χ3n) is 4.85. The number of esters is 1. The topological polar surface area (TPSA) is 81.7 Å². The van der Waals surface area contributed by atoms with Crippen molar-refractivity contribution in [1.82, 2.24) is 4.72 Å². The smallest absolute Gasteiger partial charge is 0.303 e. The number of carbonyl (C=O) groups is 1. The monoisotopic (exact) mass is 429 g/mol. The van der Waals surface area contributed by atoms with Crippen LogP contribution in [-0.4, -0.2) is 32.6 Å². The summed E-state index contributed by atoms with van der Waals surface area (Å²) in [6, 6.07) is 16.0. The molecule has 1 N–H and O–H groups in total. The van der Waals surface area contributed by atoms with Gasteiger partial charge in [0, 0.05) is 19.4 Å². The van der Waals surface area contributed by atoms with Gasteiger partial charge in [-0.15, -0.1) is 0 Å². The van der Waals surface area contributed by atoms with Crippen LogP contribution in [-0.2, 0) is 30.9 Å². The van der Waals surface area contributed by atoms with E-state index < -0.39 is 22.2 Å². The van der Waals surface area contributed by atoms with E-state index in [0.29, 0.717) is 19.4 Å². The van der Waals surface area contributed by atoms with Crippen LogP contribution in [0.1, 0.15) is 30.9 Å². The van der Waals surface area contributed by atoms with Crippen LogP contribution in [0.4, 0.5) is 0 Å². The summed E-state index contributed by atoms with van der Waals surface area (Å²) < 4.78 is 39.7. The lowest BCUT2D eigenvalue weighted by Gasteiger charge is -2.22. The molecular formula is C23H27NO5S. The van der Waals surface area contributed by atoms with Crippen molar-refractivity contribution >= 4 is 16.0 Å². The Morgan fingerprint density at radius 1 is 1.03 bits per heavy atom. The van der Waals surface area contributed by atoms with Crippen LogP contribution in [0.2, 0.25) is 0 Å². The van der Waals surface area contributed by atoms with Gasteiger partial charge >= 0.3 is 5.97 Å². The molecule has 0 radical (unpaired) electrons. The third kappa shape index (κ3) is 6.52. The Hall–Kier alpha value is -2.48. The quantitative estimate of drug-likeness (QED) is 0.538. The maximum atomic E-state index is 12.8. The highest BCUT2D eigenvalue weighted by atomic mass is 32.2. The van der Waals surface area contributed by atoms with Gasteiger partial charge in [0.05, 0.1) is 17.6 Å². The van der Waals surface area contributed by atoms with E-state index in [2.05, 4.69) is 4.72 Å². The Kier molecular flexibility index (Phi) is 7.42. The Labute approximate surface area is 178 Å². The zero-order valence-corrected chi connectivity index (χ0v) is 18.0. The van der Waals surface area contributed by atoms with Crippen molar-refractivity contribution in [2.75, 3.05) is 0 Å². The van der Waals surface area contributed by atoms with Crippen LogP contribution in [0, 0.1) is 6.92 Å². The molecule has 0 unspecified atom stereocenters. The zero-order valence-electron chi connectivity index (χ0n) is 17.2. The SMILES string of the molecule is CC(=O)O[C@H]1C=C[C@H](NS(=O)(=O)c2ccc(C)cc2)C[C@H](OCc2ccccc2)C1. The molecule has 160 valence electrons. The summed E-state index contributed by atoms with van der Waals surface area (Å²) in [5.74, 6) is -0.384. The zero-order chi connectivity index (χ0) is 21.6. The molecule has 0 heterocycles. The van der Waals surface area contributed by atoms with Crippen LogP contribution in [0.15, 0.2) is 71.6 Å². The number of carbonyl (C=O) groups excluding carboxylic acids is 1. The average Bonchev–Trinajstić information content (AvgIpc) is 2.88. The van der Waals surface area contributed by atoms with E-state index in [1.165, 1.54) is 6.92 Å². The molecule has 0 aliphatic heterocycles. The standard InChI is InChI=1S/C23H27NO5S/c1-17-8-12-23(13-9-17)30(26,27)24-20-10-11-21(29-18(2)25)15-22(14-20)28-16-19-6-4-3-5-7-19/h3-13,20-22,24H,14-16H2,1-2H3/t20-,21-,22-/m0/s1. The van der Waals surface area contributed by atoms with E-state index in [1.54, 1.807) is 36.4 Å². The van der Waals surface area contributed by atoms with Gasteiger partial charge in [-0.05, 0) is 37.1 Å². The fourth-order valence-corrected chi connectivity index (χ4v) is 4.55. The molecule has 0 amide bonds. The molecule has 1 aliphatic rings. The molecule has 0 aromatic heterocycles. The van der Waals surface area contributed by atoms with E-state index in [1.807, 2.05) is 37.3 Å².